The van der Waals surface area contributed by atoms with Gasteiger partial charge in [0, 0.05) is 13.2 Å². The third kappa shape index (κ3) is 6.80. The molecule has 4 heteroatoms. The molecule has 0 spiro atoms. The molecule has 4 N–H and O–H groups in total. The van der Waals surface area contributed by atoms with E-state index in [-0.39, 0.29) is 24.5 Å². The summed E-state index contributed by atoms with van der Waals surface area (Å²) in [5.41, 5.74) is 5.79. The van der Waals surface area contributed by atoms with Gasteiger partial charge in [-0.25, -0.2) is 0 Å². The Labute approximate surface area is 98.6 Å². The minimum Gasteiger partial charge on any atom is -0.396 e. The molecule has 0 aromatic carbocycles. The third-order valence-corrected chi connectivity index (χ3v) is 2.94. The van der Waals surface area contributed by atoms with Gasteiger partial charge in [0.15, 0.2) is 0 Å². The van der Waals surface area contributed by atoms with Crippen LogP contribution in [-0.4, -0.2) is 30.2 Å². The minimum atomic E-state index is -0.387. The topological polar surface area (TPSA) is 75.4 Å². The number of aliphatic hydroxyl groups is 1. The van der Waals surface area contributed by atoms with Crippen LogP contribution < -0.4 is 11.1 Å². The lowest BCUT2D eigenvalue weighted by Gasteiger charge is -2.17. The van der Waals surface area contributed by atoms with Crippen LogP contribution in [0.4, 0.5) is 0 Å². The van der Waals surface area contributed by atoms with Crippen molar-refractivity contribution in [1.82, 2.24) is 5.32 Å². The zero-order chi connectivity index (χ0) is 12.4. The second-order valence-corrected chi connectivity index (χ2v) is 4.34. The molecule has 96 valence electrons. The highest BCUT2D eigenvalue weighted by atomic mass is 16.2. The highest BCUT2D eigenvalue weighted by Crippen LogP contribution is 2.05. The molecule has 4 nitrogen and oxygen atoms in total. The zero-order valence-electron chi connectivity index (χ0n) is 10.5. The molecule has 2 atom stereocenters. The van der Waals surface area contributed by atoms with Gasteiger partial charge in [0.1, 0.15) is 0 Å². The highest BCUT2D eigenvalue weighted by molar-refractivity contribution is 5.81. The maximum Gasteiger partial charge on any atom is 0.237 e. The van der Waals surface area contributed by atoms with E-state index in [0.717, 1.165) is 32.1 Å². The van der Waals surface area contributed by atoms with E-state index in [0.29, 0.717) is 6.54 Å². The minimum absolute atomic E-state index is 0.0449. The summed E-state index contributed by atoms with van der Waals surface area (Å²) in [6, 6.07) is -0.387. The Morgan fingerprint density at radius 1 is 1.31 bits per heavy atom. The maximum absolute atomic E-state index is 11.6. The Morgan fingerprint density at radius 2 is 1.94 bits per heavy atom. The molecule has 0 aromatic rings. The number of rotatable bonds is 9. The Balaban J connectivity index is 3.50. The van der Waals surface area contributed by atoms with Crippen LogP contribution in [-0.2, 0) is 4.79 Å². The summed E-state index contributed by atoms with van der Waals surface area (Å²) in [6.07, 6.45) is 4.79. The number of aliphatic hydroxyl groups excluding tert-OH is 1. The number of nitrogens with two attached hydrogens (primary N) is 1. The SMILES string of the molecule is CCC(C)[C@H](N)C(=O)NCCCCCCO. The predicted molar refractivity (Wildman–Crippen MR) is 66.0 cm³/mol. The van der Waals surface area contributed by atoms with Crippen LogP contribution in [0.25, 0.3) is 0 Å². The standard InChI is InChI=1S/C12H26N2O2/c1-3-10(2)11(13)12(16)14-8-6-4-5-7-9-15/h10-11,15H,3-9,13H2,1-2H3,(H,14,16)/t10?,11-/m0/s1. The van der Waals surface area contributed by atoms with Crippen molar-refractivity contribution in [3.8, 4) is 0 Å². The summed E-state index contributed by atoms with van der Waals surface area (Å²) in [4.78, 5) is 11.6. The van der Waals surface area contributed by atoms with Crippen LogP contribution in [0, 0.1) is 5.92 Å². The van der Waals surface area contributed by atoms with Gasteiger partial charge in [-0.2, -0.15) is 0 Å². The predicted octanol–water partition coefficient (Wildman–Crippen LogP) is 1.03. The van der Waals surface area contributed by atoms with Crippen molar-refractivity contribution in [2.75, 3.05) is 13.2 Å². The average molecular weight is 230 g/mol. The smallest absolute Gasteiger partial charge is 0.237 e. The van der Waals surface area contributed by atoms with Gasteiger partial charge >= 0.3 is 0 Å². The lowest BCUT2D eigenvalue weighted by atomic mass is 9.99. The van der Waals surface area contributed by atoms with E-state index >= 15 is 0 Å². The van der Waals surface area contributed by atoms with Crippen LogP contribution in [0.15, 0.2) is 0 Å². The van der Waals surface area contributed by atoms with Gasteiger partial charge < -0.3 is 16.2 Å². The summed E-state index contributed by atoms with van der Waals surface area (Å²) in [7, 11) is 0. The molecule has 1 amide bonds. The van der Waals surface area contributed by atoms with E-state index in [2.05, 4.69) is 5.32 Å². The number of hydrogen-bond acceptors (Lipinski definition) is 3. The summed E-state index contributed by atoms with van der Waals surface area (Å²) in [5.74, 6) is 0.186. The van der Waals surface area contributed by atoms with Crippen molar-refractivity contribution < 1.29 is 9.90 Å². The molecule has 0 heterocycles. The number of hydrogen-bond donors (Lipinski definition) is 3. The quantitative estimate of drug-likeness (QED) is 0.518. The van der Waals surface area contributed by atoms with E-state index in [4.69, 9.17) is 10.8 Å². The van der Waals surface area contributed by atoms with Crippen molar-refractivity contribution >= 4 is 5.91 Å². The van der Waals surface area contributed by atoms with E-state index in [1.54, 1.807) is 0 Å². The number of carbonyl (C=O) groups excluding carboxylic acids is 1. The molecule has 0 saturated heterocycles. The van der Waals surface area contributed by atoms with Crippen LogP contribution in [0.1, 0.15) is 46.0 Å². The van der Waals surface area contributed by atoms with Gasteiger partial charge in [-0.05, 0) is 18.8 Å². The molecule has 1 unspecified atom stereocenters. The first-order valence-electron chi connectivity index (χ1n) is 6.27. The van der Waals surface area contributed by atoms with Crippen molar-refractivity contribution in [2.24, 2.45) is 11.7 Å². The monoisotopic (exact) mass is 230 g/mol. The fraction of sp³-hybridized carbons (Fsp3) is 0.917. The summed E-state index contributed by atoms with van der Waals surface area (Å²) >= 11 is 0. The van der Waals surface area contributed by atoms with E-state index in [1.807, 2.05) is 13.8 Å². The summed E-state index contributed by atoms with van der Waals surface area (Å²) in [5, 5.41) is 11.4. The Bertz CT molecular complexity index is 186. The second kappa shape index (κ2) is 9.60. The Hall–Kier alpha value is -0.610. The van der Waals surface area contributed by atoms with Crippen molar-refractivity contribution in [3.05, 3.63) is 0 Å². The van der Waals surface area contributed by atoms with Gasteiger partial charge in [-0.3, -0.25) is 4.79 Å². The first-order chi connectivity index (χ1) is 7.63. The highest BCUT2D eigenvalue weighted by Gasteiger charge is 2.18. The Kier molecular flexibility index (Phi) is 9.24. The van der Waals surface area contributed by atoms with E-state index in [9.17, 15) is 4.79 Å². The molecule has 0 aromatic heterocycles. The molecule has 0 bridgehead atoms. The van der Waals surface area contributed by atoms with Crippen molar-refractivity contribution in [2.45, 2.75) is 52.0 Å². The molecule has 0 aliphatic carbocycles. The molecular formula is C12H26N2O2. The largest absolute Gasteiger partial charge is 0.396 e. The molecule has 0 fully saturated rings. The summed E-state index contributed by atoms with van der Waals surface area (Å²) < 4.78 is 0. The molecule has 0 radical (unpaired) electrons. The zero-order valence-corrected chi connectivity index (χ0v) is 10.5. The maximum atomic E-state index is 11.6. The molecule has 16 heavy (non-hydrogen) atoms. The number of amides is 1. The fourth-order valence-electron chi connectivity index (χ4n) is 1.43. The first-order valence-corrected chi connectivity index (χ1v) is 6.27. The Morgan fingerprint density at radius 3 is 2.50 bits per heavy atom. The normalized spacial score (nSPS) is 14.5. The number of unbranched alkanes of at least 4 members (excludes halogenated alkanes) is 3. The van der Waals surface area contributed by atoms with Gasteiger partial charge in [0.25, 0.3) is 0 Å². The van der Waals surface area contributed by atoms with Gasteiger partial charge in [-0.15, -0.1) is 0 Å². The van der Waals surface area contributed by atoms with Gasteiger partial charge in [0.2, 0.25) is 5.91 Å². The lowest BCUT2D eigenvalue weighted by molar-refractivity contribution is -0.123. The van der Waals surface area contributed by atoms with Gasteiger partial charge in [-0.1, -0.05) is 33.1 Å². The van der Waals surface area contributed by atoms with Crippen molar-refractivity contribution in [3.63, 3.8) is 0 Å². The third-order valence-electron chi connectivity index (χ3n) is 2.94. The number of nitrogens with one attached hydrogen (secondary N) is 1. The number of carbonyl (C=O) groups is 1. The molecule has 0 rings (SSSR count). The second-order valence-electron chi connectivity index (χ2n) is 4.34. The molecule has 0 aliphatic rings. The van der Waals surface area contributed by atoms with Crippen LogP contribution >= 0.6 is 0 Å². The van der Waals surface area contributed by atoms with Crippen LogP contribution in [0.2, 0.25) is 0 Å². The van der Waals surface area contributed by atoms with Crippen molar-refractivity contribution in [1.29, 1.82) is 0 Å². The van der Waals surface area contributed by atoms with E-state index < -0.39 is 0 Å². The van der Waals surface area contributed by atoms with Crippen LogP contribution in [0.5, 0.6) is 0 Å². The fourth-order valence-corrected chi connectivity index (χ4v) is 1.43. The average Bonchev–Trinajstić information content (AvgIpc) is 2.31. The van der Waals surface area contributed by atoms with Gasteiger partial charge in [0.05, 0.1) is 6.04 Å². The molecule has 0 saturated carbocycles. The van der Waals surface area contributed by atoms with E-state index in [1.165, 1.54) is 0 Å². The first kappa shape index (κ1) is 15.4. The molecule has 0 aliphatic heterocycles. The summed E-state index contributed by atoms with van der Waals surface area (Å²) in [6.45, 7) is 4.97. The lowest BCUT2D eigenvalue weighted by Crippen LogP contribution is -2.44. The molecular weight excluding hydrogens is 204 g/mol. The van der Waals surface area contributed by atoms with Crippen LogP contribution in [0.3, 0.4) is 0 Å².